The third-order valence-electron chi connectivity index (χ3n) is 5.14. The Morgan fingerprint density at radius 1 is 1.17 bits per heavy atom. The predicted molar refractivity (Wildman–Crippen MR) is 123 cm³/mol. The number of fused-ring (bicyclic) bond motifs is 1. The number of halogens is 1. The number of anilines is 1. The number of benzene rings is 2. The first-order chi connectivity index (χ1) is 14.4. The van der Waals surface area contributed by atoms with Crippen molar-refractivity contribution in [1.29, 1.82) is 0 Å². The fraction of sp³-hybridized carbons (Fsp3) is 0.333. The summed E-state index contributed by atoms with van der Waals surface area (Å²) in [5.41, 5.74) is 1.83. The molecule has 0 radical (unpaired) electrons. The fourth-order valence-electron chi connectivity index (χ4n) is 3.76. The Kier molecular flexibility index (Phi) is 6.36. The molecule has 1 saturated heterocycles. The quantitative estimate of drug-likeness (QED) is 0.712. The molecule has 9 heteroatoms. The maximum absolute atomic E-state index is 12.4. The van der Waals surface area contributed by atoms with Gasteiger partial charge in [0, 0.05) is 17.3 Å². The van der Waals surface area contributed by atoms with Crippen LogP contribution in [-0.4, -0.2) is 60.3 Å². The van der Waals surface area contributed by atoms with Crippen LogP contribution in [0.25, 0.3) is 0 Å². The topological polar surface area (TPSA) is 78.8 Å². The number of amidine groups is 1. The molecule has 1 N–H and O–H groups in total. The molecule has 2 aliphatic rings. The molecule has 1 fully saturated rings. The maximum Gasteiger partial charge on any atom is 0.234 e. The molecular weight excluding hydrogens is 442 g/mol. The summed E-state index contributed by atoms with van der Waals surface area (Å²) in [7, 11) is -3.07. The van der Waals surface area contributed by atoms with Crippen LogP contribution in [0.3, 0.4) is 0 Å². The number of carbonyl (C=O) groups is 1. The number of nitrogens with one attached hydrogen (secondary N) is 1. The van der Waals surface area contributed by atoms with Crippen LogP contribution in [0.5, 0.6) is 0 Å². The number of carbonyl (C=O) groups excluding carboxylic acids is 1. The van der Waals surface area contributed by atoms with E-state index in [0.717, 1.165) is 11.6 Å². The SMILES string of the molecule is O=C(CSC1=NC2CS(=O)(=O)CC2N1CCc1ccccc1)Nc1cccc(Cl)c1. The Bertz CT molecular complexity index is 1060. The summed E-state index contributed by atoms with van der Waals surface area (Å²) in [5, 5.41) is 4.13. The van der Waals surface area contributed by atoms with Gasteiger partial charge in [-0.15, -0.1) is 0 Å². The van der Waals surface area contributed by atoms with Crippen molar-refractivity contribution < 1.29 is 13.2 Å². The summed E-state index contributed by atoms with van der Waals surface area (Å²) in [5.74, 6) is 0.240. The lowest BCUT2D eigenvalue weighted by molar-refractivity contribution is -0.113. The van der Waals surface area contributed by atoms with E-state index in [1.54, 1.807) is 24.3 Å². The summed E-state index contributed by atoms with van der Waals surface area (Å²) in [6.07, 6.45) is 0.790. The van der Waals surface area contributed by atoms with Crippen molar-refractivity contribution in [3.05, 3.63) is 65.2 Å². The van der Waals surface area contributed by atoms with Crippen molar-refractivity contribution in [2.24, 2.45) is 4.99 Å². The summed E-state index contributed by atoms with van der Waals surface area (Å²) >= 11 is 7.31. The van der Waals surface area contributed by atoms with Crippen LogP contribution in [0.2, 0.25) is 5.02 Å². The minimum atomic E-state index is -3.07. The van der Waals surface area contributed by atoms with Gasteiger partial charge in [0.05, 0.1) is 29.3 Å². The molecule has 2 aliphatic heterocycles. The van der Waals surface area contributed by atoms with Crippen LogP contribution in [0.15, 0.2) is 59.6 Å². The third-order valence-corrected chi connectivity index (χ3v) is 8.08. The lowest BCUT2D eigenvalue weighted by Gasteiger charge is -2.26. The van der Waals surface area contributed by atoms with Crippen LogP contribution in [0.4, 0.5) is 5.69 Å². The molecule has 2 atom stereocenters. The Labute approximate surface area is 185 Å². The van der Waals surface area contributed by atoms with E-state index in [2.05, 4.69) is 27.3 Å². The van der Waals surface area contributed by atoms with E-state index >= 15 is 0 Å². The second-order valence-corrected chi connectivity index (χ2v) is 10.9. The fourth-order valence-corrected chi connectivity index (χ4v) is 6.76. The minimum absolute atomic E-state index is 0.0816. The van der Waals surface area contributed by atoms with Gasteiger partial charge in [-0.1, -0.05) is 59.8 Å². The molecule has 2 aromatic carbocycles. The number of rotatable bonds is 6. The van der Waals surface area contributed by atoms with Gasteiger partial charge in [-0.05, 0) is 30.2 Å². The summed E-state index contributed by atoms with van der Waals surface area (Å²) in [6.45, 7) is 0.669. The van der Waals surface area contributed by atoms with Crippen LogP contribution in [0.1, 0.15) is 5.56 Å². The minimum Gasteiger partial charge on any atom is -0.345 e. The standard InChI is InChI=1S/C21H22ClN3O3S2/c22-16-7-4-8-17(11-16)23-20(26)12-29-21-24-18-13-30(27,28)14-19(18)25(21)10-9-15-5-2-1-3-6-15/h1-8,11,18-19H,9-10,12-14H2,(H,23,26). The van der Waals surface area contributed by atoms with Crippen LogP contribution >= 0.6 is 23.4 Å². The number of aliphatic imine (C=N–C) groups is 1. The molecule has 158 valence electrons. The molecule has 0 spiro atoms. The van der Waals surface area contributed by atoms with Crippen molar-refractivity contribution in [3.63, 3.8) is 0 Å². The molecule has 0 aliphatic carbocycles. The van der Waals surface area contributed by atoms with Crippen molar-refractivity contribution >= 4 is 50.0 Å². The van der Waals surface area contributed by atoms with E-state index in [4.69, 9.17) is 11.6 Å². The maximum atomic E-state index is 12.4. The van der Waals surface area contributed by atoms with Crippen LogP contribution in [0, 0.1) is 0 Å². The molecule has 2 unspecified atom stereocenters. The lowest BCUT2D eigenvalue weighted by Crippen LogP contribution is -2.40. The first kappa shape index (κ1) is 21.2. The van der Waals surface area contributed by atoms with Crippen molar-refractivity contribution in [1.82, 2.24) is 4.90 Å². The molecule has 6 nitrogen and oxygen atoms in total. The van der Waals surface area contributed by atoms with Gasteiger partial charge >= 0.3 is 0 Å². The molecule has 0 aromatic heterocycles. The number of nitrogens with zero attached hydrogens (tertiary/aromatic N) is 2. The molecule has 30 heavy (non-hydrogen) atoms. The highest BCUT2D eigenvalue weighted by molar-refractivity contribution is 8.14. The van der Waals surface area contributed by atoms with E-state index in [9.17, 15) is 13.2 Å². The first-order valence-electron chi connectivity index (χ1n) is 9.67. The largest absolute Gasteiger partial charge is 0.345 e. The van der Waals surface area contributed by atoms with Gasteiger partial charge in [-0.25, -0.2) is 8.42 Å². The van der Waals surface area contributed by atoms with Gasteiger partial charge in [0.25, 0.3) is 0 Å². The Hall–Kier alpha value is -2.03. The van der Waals surface area contributed by atoms with E-state index in [1.165, 1.54) is 17.3 Å². The number of hydrogen-bond acceptors (Lipinski definition) is 6. The van der Waals surface area contributed by atoms with Crippen molar-refractivity contribution in [2.75, 3.05) is 29.1 Å². The Balaban J connectivity index is 1.41. The number of thioether (sulfide) groups is 1. The Morgan fingerprint density at radius 3 is 2.73 bits per heavy atom. The summed E-state index contributed by atoms with van der Waals surface area (Å²) < 4.78 is 24.2. The van der Waals surface area contributed by atoms with E-state index in [0.29, 0.717) is 17.3 Å². The highest BCUT2D eigenvalue weighted by Gasteiger charge is 2.46. The summed E-state index contributed by atoms with van der Waals surface area (Å²) in [6, 6.07) is 16.7. The van der Waals surface area contributed by atoms with Crippen molar-refractivity contribution in [3.8, 4) is 0 Å². The molecular formula is C21H22ClN3O3S2. The molecule has 4 rings (SSSR count). The second kappa shape index (κ2) is 8.99. The molecule has 0 bridgehead atoms. The number of sulfone groups is 1. The third kappa shape index (κ3) is 5.17. The highest BCUT2D eigenvalue weighted by Crippen LogP contribution is 2.31. The van der Waals surface area contributed by atoms with Crippen LogP contribution < -0.4 is 5.32 Å². The van der Waals surface area contributed by atoms with Gasteiger partial charge in [0.1, 0.15) is 0 Å². The summed E-state index contributed by atoms with van der Waals surface area (Å²) in [4.78, 5) is 19.1. The van der Waals surface area contributed by atoms with Gasteiger partial charge in [0.2, 0.25) is 5.91 Å². The lowest BCUT2D eigenvalue weighted by atomic mass is 10.1. The van der Waals surface area contributed by atoms with E-state index < -0.39 is 9.84 Å². The average Bonchev–Trinajstić information content (AvgIpc) is 3.17. The molecule has 0 saturated carbocycles. The zero-order chi connectivity index (χ0) is 21.1. The zero-order valence-corrected chi connectivity index (χ0v) is 18.6. The van der Waals surface area contributed by atoms with Gasteiger partial charge in [0.15, 0.2) is 15.0 Å². The highest BCUT2D eigenvalue weighted by atomic mass is 35.5. The molecule has 2 heterocycles. The number of hydrogen-bond donors (Lipinski definition) is 1. The van der Waals surface area contributed by atoms with Crippen LogP contribution in [-0.2, 0) is 21.1 Å². The Morgan fingerprint density at radius 2 is 1.97 bits per heavy atom. The molecule has 1 amide bonds. The van der Waals surface area contributed by atoms with E-state index in [1.807, 2.05) is 18.2 Å². The molecule has 2 aromatic rings. The van der Waals surface area contributed by atoms with Gasteiger partial charge in [-0.3, -0.25) is 9.79 Å². The van der Waals surface area contributed by atoms with E-state index in [-0.39, 0.29) is 35.2 Å². The van der Waals surface area contributed by atoms with Gasteiger partial charge in [-0.2, -0.15) is 0 Å². The van der Waals surface area contributed by atoms with Crippen molar-refractivity contribution in [2.45, 2.75) is 18.5 Å². The normalized spacial score (nSPS) is 21.9. The second-order valence-electron chi connectivity index (χ2n) is 7.40. The average molecular weight is 464 g/mol. The zero-order valence-electron chi connectivity index (χ0n) is 16.2. The predicted octanol–water partition coefficient (Wildman–Crippen LogP) is 3.09. The smallest absolute Gasteiger partial charge is 0.234 e. The monoisotopic (exact) mass is 463 g/mol. The first-order valence-corrected chi connectivity index (χ1v) is 12.9. The van der Waals surface area contributed by atoms with Gasteiger partial charge < -0.3 is 10.2 Å². The number of amides is 1.